The molecule has 0 radical (unpaired) electrons. The summed E-state index contributed by atoms with van der Waals surface area (Å²) >= 11 is 1.20. The molecule has 2 aromatic heterocycles. The van der Waals surface area contributed by atoms with Gasteiger partial charge in [-0.05, 0) is 42.0 Å². The van der Waals surface area contributed by atoms with Gasteiger partial charge in [-0.3, -0.25) is 14.3 Å². The van der Waals surface area contributed by atoms with Crippen molar-refractivity contribution < 1.29 is 18.0 Å². The molecule has 4 rings (SSSR count). The largest absolute Gasteiger partial charge is 0.416 e. The second-order valence-corrected chi connectivity index (χ2v) is 7.97. The quantitative estimate of drug-likeness (QED) is 0.380. The highest BCUT2D eigenvalue weighted by molar-refractivity contribution is 7.99. The van der Waals surface area contributed by atoms with Gasteiger partial charge in [-0.1, -0.05) is 42.1 Å². The molecule has 1 N–H and O–H groups in total. The van der Waals surface area contributed by atoms with E-state index < -0.39 is 11.7 Å². The maximum absolute atomic E-state index is 12.7. The van der Waals surface area contributed by atoms with Crippen LogP contribution in [-0.4, -0.2) is 31.4 Å². The minimum Gasteiger partial charge on any atom is -0.325 e. The first-order chi connectivity index (χ1) is 15.9. The molecule has 1 amide bonds. The highest BCUT2D eigenvalue weighted by Crippen LogP contribution is 2.30. The number of nitrogens with zero attached hydrogens (tertiary/aromatic N) is 4. The van der Waals surface area contributed by atoms with Crippen molar-refractivity contribution in [1.29, 1.82) is 0 Å². The average Bonchev–Trinajstić information content (AvgIpc) is 3.21. The topological polar surface area (TPSA) is 72.7 Å². The molecule has 168 valence electrons. The van der Waals surface area contributed by atoms with E-state index in [9.17, 15) is 18.0 Å². The van der Waals surface area contributed by atoms with Crippen molar-refractivity contribution in [3.63, 3.8) is 0 Å². The van der Waals surface area contributed by atoms with E-state index in [1.807, 2.05) is 47.0 Å². The molecule has 0 saturated heterocycles. The SMILES string of the molecule is O=C(CSc1nnc(-c2ccncc2)n1Cc1ccccc1)Nc1ccc(C(F)(F)F)cc1. The normalized spacial score (nSPS) is 11.4. The number of nitrogens with one attached hydrogen (secondary N) is 1. The Morgan fingerprint density at radius 2 is 1.64 bits per heavy atom. The standard InChI is InChI=1S/C23H18F3N5OS/c24-23(25,26)18-6-8-19(9-7-18)28-20(32)15-33-22-30-29-21(17-10-12-27-13-11-17)31(22)14-16-4-2-1-3-5-16/h1-13H,14-15H2,(H,28,32). The van der Waals surface area contributed by atoms with E-state index in [0.717, 1.165) is 23.3 Å². The van der Waals surface area contributed by atoms with Crippen LogP contribution in [0.25, 0.3) is 11.4 Å². The Morgan fingerprint density at radius 1 is 0.939 bits per heavy atom. The minimum absolute atomic E-state index is 0.0181. The third-order valence-electron chi connectivity index (χ3n) is 4.67. The summed E-state index contributed by atoms with van der Waals surface area (Å²) in [4.78, 5) is 16.4. The fourth-order valence-electron chi connectivity index (χ4n) is 3.09. The number of amides is 1. The van der Waals surface area contributed by atoms with Crippen LogP contribution < -0.4 is 5.32 Å². The summed E-state index contributed by atoms with van der Waals surface area (Å²) in [6, 6.07) is 17.8. The summed E-state index contributed by atoms with van der Waals surface area (Å²) in [5.41, 5.74) is 1.41. The maximum atomic E-state index is 12.7. The predicted molar refractivity (Wildman–Crippen MR) is 120 cm³/mol. The van der Waals surface area contributed by atoms with Crippen LogP contribution in [-0.2, 0) is 17.5 Å². The Balaban J connectivity index is 1.48. The van der Waals surface area contributed by atoms with Crippen molar-refractivity contribution in [3.8, 4) is 11.4 Å². The first-order valence-corrected chi connectivity index (χ1v) is 10.9. The molecular formula is C23H18F3N5OS. The summed E-state index contributed by atoms with van der Waals surface area (Å²) < 4.78 is 40.0. The number of thioether (sulfide) groups is 1. The smallest absolute Gasteiger partial charge is 0.325 e. The predicted octanol–water partition coefficient (Wildman–Crippen LogP) is 5.14. The molecule has 0 aliphatic carbocycles. The van der Waals surface area contributed by atoms with Crippen molar-refractivity contribution in [1.82, 2.24) is 19.7 Å². The van der Waals surface area contributed by atoms with Crippen LogP contribution in [0.3, 0.4) is 0 Å². The molecule has 0 fully saturated rings. The van der Waals surface area contributed by atoms with Crippen LogP contribution >= 0.6 is 11.8 Å². The number of anilines is 1. The van der Waals surface area contributed by atoms with Crippen LogP contribution in [0.1, 0.15) is 11.1 Å². The Morgan fingerprint density at radius 3 is 2.30 bits per heavy atom. The number of alkyl halides is 3. The molecule has 2 heterocycles. The number of hydrogen-bond donors (Lipinski definition) is 1. The van der Waals surface area contributed by atoms with Crippen molar-refractivity contribution >= 4 is 23.4 Å². The molecular weight excluding hydrogens is 451 g/mol. The number of carbonyl (C=O) groups is 1. The molecule has 6 nitrogen and oxygen atoms in total. The van der Waals surface area contributed by atoms with Gasteiger partial charge in [0.1, 0.15) is 0 Å². The van der Waals surface area contributed by atoms with Gasteiger partial charge in [0.25, 0.3) is 0 Å². The molecule has 10 heteroatoms. The Kier molecular flexibility index (Phi) is 6.74. The summed E-state index contributed by atoms with van der Waals surface area (Å²) in [7, 11) is 0. The molecule has 0 aliphatic rings. The number of benzene rings is 2. The van der Waals surface area contributed by atoms with Crippen LogP contribution in [0.2, 0.25) is 0 Å². The summed E-state index contributed by atoms with van der Waals surface area (Å²) in [6.45, 7) is 0.508. The molecule has 4 aromatic rings. The molecule has 0 aliphatic heterocycles. The van der Waals surface area contributed by atoms with Crippen LogP contribution in [0.5, 0.6) is 0 Å². The monoisotopic (exact) mass is 469 g/mol. The number of hydrogen-bond acceptors (Lipinski definition) is 5. The second-order valence-electron chi connectivity index (χ2n) is 7.03. The van der Waals surface area contributed by atoms with Crippen LogP contribution in [0.15, 0.2) is 84.3 Å². The van der Waals surface area contributed by atoms with Gasteiger partial charge in [0, 0.05) is 23.6 Å². The fraction of sp³-hybridized carbons (Fsp3) is 0.130. The third kappa shape index (κ3) is 5.78. The van der Waals surface area contributed by atoms with Gasteiger partial charge in [0.15, 0.2) is 11.0 Å². The molecule has 0 saturated carbocycles. The first kappa shape index (κ1) is 22.5. The lowest BCUT2D eigenvalue weighted by Crippen LogP contribution is -2.15. The Labute approximate surface area is 191 Å². The van der Waals surface area contributed by atoms with E-state index in [4.69, 9.17) is 0 Å². The molecule has 0 bridgehead atoms. The zero-order valence-electron chi connectivity index (χ0n) is 17.2. The van der Waals surface area contributed by atoms with E-state index in [0.29, 0.717) is 17.5 Å². The van der Waals surface area contributed by atoms with E-state index in [2.05, 4.69) is 20.5 Å². The number of rotatable bonds is 7. The minimum atomic E-state index is -4.42. The second kappa shape index (κ2) is 9.86. The van der Waals surface area contributed by atoms with Crippen LogP contribution in [0.4, 0.5) is 18.9 Å². The first-order valence-electron chi connectivity index (χ1n) is 9.87. The zero-order valence-corrected chi connectivity index (χ0v) is 18.0. The van der Waals surface area contributed by atoms with E-state index >= 15 is 0 Å². The summed E-state index contributed by atoms with van der Waals surface area (Å²) in [5, 5.41) is 11.7. The Hall–Kier alpha value is -3.66. The van der Waals surface area contributed by atoms with Gasteiger partial charge in [0.05, 0.1) is 17.9 Å². The lowest BCUT2D eigenvalue weighted by molar-refractivity contribution is -0.137. The highest BCUT2D eigenvalue weighted by Gasteiger charge is 2.30. The highest BCUT2D eigenvalue weighted by atomic mass is 32.2. The van der Waals surface area contributed by atoms with E-state index in [-0.39, 0.29) is 17.3 Å². The van der Waals surface area contributed by atoms with E-state index in [1.165, 1.54) is 23.9 Å². The number of carbonyl (C=O) groups excluding carboxylic acids is 1. The van der Waals surface area contributed by atoms with E-state index in [1.54, 1.807) is 12.4 Å². The molecule has 0 atom stereocenters. The van der Waals surface area contributed by atoms with Gasteiger partial charge >= 0.3 is 6.18 Å². The maximum Gasteiger partial charge on any atom is 0.416 e. The third-order valence-corrected chi connectivity index (χ3v) is 5.63. The summed E-state index contributed by atoms with van der Waals surface area (Å²) in [6.07, 6.45) is -1.09. The summed E-state index contributed by atoms with van der Waals surface area (Å²) in [5.74, 6) is 0.302. The number of halogens is 3. The molecule has 2 aromatic carbocycles. The zero-order chi connectivity index (χ0) is 23.3. The molecule has 0 spiro atoms. The Bertz CT molecular complexity index is 1210. The molecule has 33 heavy (non-hydrogen) atoms. The van der Waals surface area contributed by atoms with Crippen molar-refractivity contribution in [2.24, 2.45) is 0 Å². The lowest BCUT2D eigenvalue weighted by Gasteiger charge is -2.11. The van der Waals surface area contributed by atoms with Crippen molar-refractivity contribution in [3.05, 3.63) is 90.3 Å². The lowest BCUT2D eigenvalue weighted by atomic mass is 10.2. The number of pyridine rings is 1. The fourth-order valence-corrected chi connectivity index (χ4v) is 3.83. The van der Waals surface area contributed by atoms with Crippen LogP contribution in [0, 0.1) is 0 Å². The van der Waals surface area contributed by atoms with Gasteiger partial charge < -0.3 is 5.32 Å². The average molecular weight is 469 g/mol. The van der Waals surface area contributed by atoms with Gasteiger partial charge in [0.2, 0.25) is 5.91 Å². The number of aromatic nitrogens is 4. The molecule has 0 unspecified atom stereocenters. The van der Waals surface area contributed by atoms with Gasteiger partial charge in [-0.2, -0.15) is 13.2 Å². The van der Waals surface area contributed by atoms with Crippen molar-refractivity contribution in [2.45, 2.75) is 17.9 Å². The van der Waals surface area contributed by atoms with Crippen molar-refractivity contribution in [2.75, 3.05) is 11.1 Å². The van der Waals surface area contributed by atoms with Gasteiger partial charge in [-0.15, -0.1) is 10.2 Å². The van der Waals surface area contributed by atoms with Gasteiger partial charge in [-0.25, -0.2) is 0 Å².